The van der Waals surface area contributed by atoms with E-state index in [0.717, 1.165) is 29.6 Å². The predicted molar refractivity (Wildman–Crippen MR) is 135 cm³/mol. The second-order valence-corrected chi connectivity index (χ2v) is 10.1. The molecule has 0 amide bonds. The number of nitriles is 1. The fourth-order valence-electron chi connectivity index (χ4n) is 5.44. The Morgan fingerprint density at radius 1 is 1.00 bits per heavy atom. The van der Waals surface area contributed by atoms with Crippen LogP contribution >= 0.6 is 23.2 Å². The summed E-state index contributed by atoms with van der Waals surface area (Å²) in [6, 6.07) is 14.7. The first-order valence-corrected chi connectivity index (χ1v) is 12.7. The molecule has 0 N–H and O–H groups in total. The van der Waals surface area contributed by atoms with E-state index in [9.17, 15) is 5.26 Å². The van der Waals surface area contributed by atoms with E-state index in [0.29, 0.717) is 21.8 Å². The highest BCUT2D eigenvalue weighted by Gasteiger charge is 2.26. The first-order valence-electron chi connectivity index (χ1n) is 11.9. The van der Waals surface area contributed by atoms with Crippen LogP contribution in [0.4, 0.5) is 5.69 Å². The van der Waals surface area contributed by atoms with Crippen molar-refractivity contribution in [3.05, 3.63) is 57.7 Å². The molecule has 2 fully saturated rings. The van der Waals surface area contributed by atoms with Crippen molar-refractivity contribution < 1.29 is 0 Å². The summed E-state index contributed by atoms with van der Waals surface area (Å²) < 4.78 is 1.92. The van der Waals surface area contributed by atoms with E-state index in [1.165, 1.54) is 50.9 Å². The molecule has 1 atom stereocenters. The van der Waals surface area contributed by atoms with E-state index in [1.54, 1.807) is 6.07 Å². The second kappa shape index (κ2) is 9.54. The zero-order valence-electron chi connectivity index (χ0n) is 19.0. The smallest absolute Gasteiger partial charge is 0.170 e. The van der Waals surface area contributed by atoms with E-state index >= 15 is 0 Å². The van der Waals surface area contributed by atoms with Gasteiger partial charge in [0, 0.05) is 40.3 Å². The Balaban J connectivity index is 1.42. The van der Waals surface area contributed by atoms with Gasteiger partial charge in [-0.05, 0) is 81.6 Å². The maximum Gasteiger partial charge on any atom is 0.170 e. The molecule has 3 heterocycles. The molecule has 2 saturated heterocycles. The Morgan fingerprint density at radius 2 is 1.76 bits per heavy atom. The maximum absolute atomic E-state index is 9.68. The van der Waals surface area contributed by atoms with Crippen LogP contribution in [-0.4, -0.2) is 46.9 Å². The third-order valence-electron chi connectivity index (χ3n) is 7.31. The van der Waals surface area contributed by atoms with Crippen LogP contribution in [-0.2, 0) is 0 Å². The number of aromatic nitrogens is 2. The van der Waals surface area contributed by atoms with E-state index < -0.39 is 0 Å². The lowest BCUT2D eigenvalue weighted by molar-refractivity contribution is 0.141. The van der Waals surface area contributed by atoms with Crippen molar-refractivity contribution in [2.75, 3.05) is 31.1 Å². The highest BCUT2D eigenvalue weighted by atomic mass is 35.5. The van der Waals surface area contributed by atoms with Crippen molar-refractivity contribution in [3.63, 3.8) is 0 Å². The molecule has 172 valence electrons. The summed E-state index contributed by atoms with van der Waals surface area (Å²) in [4.78, 5) is 5.18. The monoisotopic (exact) mass is 481 g/mol. The number of rotatable bonds is 4. The van der Waals surface area contributed by atoms with Crippen molar-refractivity contribution in [3.8, 4) is 6.07 Å². The Kier molecular flexibility index (Phi) is 6.51. The summed E-state index contributed by atoms with van der Waals surface area (Å²) in [5.41, 5.74) is 3.53. The SMILES string of the molecule is C[C@H](c1ccc(Cl)cc1Cl)n1nc(C#N)c2ccc(N3CCC(N4CCCCC4)CC3)cc21. The van der Waals surface area contributed by atoms with Gasteiger partial charge in [0.25, 0.3) is 0 Å². The molecule has 2 aliphatic rings. The van der Waals surface area contributed by atoms with Crippen LogP contribution in [0.5, 0.6) is 0 Å². The molecule has 1 aromatic heterocycles. The average Bonchev–Trinajstić information content (AvgIpc) is 3.22. The van der Waals surface area contributed by atoms with Gasteiger partial charge in [-0.3, -0.25) is 4.68 Å². The van der Waals surface area contributed by atoms with Gasteiger partial charge in [0.2, 0.25) is 0 Å². The lowest BCUT2D eigenvalue weighted by Crippen LogP contribution is -2.46. The molecule has 5 rings (SSSR count). The number of hydrogen-bond acceptors (Lipinski definition) is 4. The zero-order chi connectivity index (χ0) is 22.9. The predicted octanol–water partition coefficient (Wildman–Crippen LogP) is 6.28. The van der Waals surface area contributed by atoms with Gasteiger partial charge in [-0.25, -0.2) is 0 Å². The number of halogens is 2. The molecule has 0 unspecified atom stereocenters. The van der Waals surface area contributed by atoms with Gasteiger partial charge in [-0.1, -0.05) is 35.7 Å². The lowest BCUT2D eigenvalue weighted by atomic mass is 9.99. The number of anilines is 1. The molecule has 3 aromatic rings. The minimum absolute atomic E-state index is 0.126. The number of hydrogen-bond donors (Lipinski definition) is 0. The van der Waals surface area contributed by atoms with Gasteiger partial charge in [0.05, 0.1) is 11.6 Å². The Bertz CT molecular complexity index is 1180. The fourth-order valence-corrected chi connectivity index (χ4v) is 6.01. The van der Waals surface area contributed by atoms with Crippen LogP contribution < -0.4 is 4.90 Å². The molecular weight excluding hydrogens is 453 g/mol. The lowest BCUT2D eigenvalue weighted by Gasteiger charge is -2.41. The van der Waals surface area contributed by atoms with Gasteiger partial charge < -0.3 is 9.80 Å². The second-order valence-electron chi connectivity index (χ2n) is 9.26. The summed E-state index contributed by atoms with van der Waals surface area (Å²) in [6.07, 6.45) is 6.48. The average molecular weight is 482 g/mol. The molecule has 0 bridgehead atoms. The van der Waals surface area contributed by atoms with Crippen molar-refractivity contribution in [1.29, 1.82) is 5.26 Å². The number of nitrogens with zero attached hydrogens (tertiary/aromatic N) is 5. The van der Waals surface area contributed by atoms with Gasteiger partial charge in [-0.2, -0.15) is 10.4 Å². The van der Waals surface area contributed by atoms with E-state index in [4.69, 9.17) is 23.2 Å². The van der Waals surface area contributed by atoms with Crippen LogP contribution in [0.3, 0.4) is 0 Å². The minimum atomic E-state index is -0.126. The van der Waals surface area contributed by atoms with Gasteiger partial charge in [0.1, 0.15) is 6.07 Å². The Hall–Kier alpha value is -2.26. The first-order chi connectivity index (χ1) is 16.0. The first kappa shape index (κ1) is 22.5. The van der Waals surface area contributed by atoms with E-state index in [1.807, 2.05) is 22.9 Å². The van der Waals surface area contributed by atoms with Crippen LogP contribution in [0.1, 0.15) is 56.3 Å². The van der Waals surface area contributed by atoms with Gasteiger partial charge in [-0.15, -0.1) is 0 Å². The van der Waals surface area contributed by atoms with Crippen molar-refractivity contribution in [1.82, 2.24) is 14.7 Å². The van der Waals surface area contributed by atoms with Crippen LogP contribution in [0.15, 0.2) is 36.4 Å². The molecule has 33 heavy (non-hydrogen) atoms. The largest absolute Gasteiger partial charge is 0.371 e. The van der Waals surface area contributed by atoms with Crippen LogP contribution in [0, 0.1) is 11.3 Å². The maximum atomic E-state index is 9.68. The summed E-state index contributed by atoms with van der Waals surface area (Å²) in [7, 11) is 0. The van der Waals surface area contributed by atoms with Crippen molar-refractivity contribution in [2.45, 2.75) is 51.1 Å². The molecule has 0 spiro atoms. The number of benzene rings is 2. The number of likely N-dealkylation sites (tertiary alicyclic amines) is 1. The quantitative estimate of drug-likeness (QED) is 0.439. The van der Waals surface area contributed by atoms with Crippen molar-refractivity contribution >= 4 is 39.8 Å². The number of piperidine rings is 2. The molecule has 0 saturated carbocycles. The molecule has 2 aromatic carbocycles. The third-order valence-corrected chi connectivity index (χ3v) is 7.88. The molecular formula is C26H29Cl2N5. The summed E-state index contributed by atoms with van der Waals surface area (Å²) >= 11 is 12.6. The normalized spacial score (nSPS) is 19.0. The molecule has 2 aliphatic heterocycles. The zero-order valence-corrected chi connectivity index (χ0v) is 20.5. The standard InChI is InChI=1S/C26H29Cl2N5/c1-18(22-7-5-19(27)15-24(22)28)33-26-16-21(6-8-23(26)25(17-29)30-33)32-13-9-20(10-14-32)31-11-3-2-4-12-31/h5-8,15-16,18,20H,2-4,9-14H2,1H3/t18-/m1/s1. The van der Waals surface area contributed by atoms with Crippen LogP contribution in [0.2, 0.25) is 10.0 Å². The summed E-state index contributed by atoms with van der Waals surface area (Å²) in [5, 5.41) is 16.4. The number of fused-ring (bicyclic) bond motifs is 1. The molecule has 7 heteroatoms. The summed E-state index contributed by atoms with van der Waals surface area (Å²) in [6.45, 7) is 6.70. The topological polar surface area (TPSA) is 48.1 Å². The van der Waals surface area contributed by atoms with Gasteiger partial charge >= 0.3 is 0 Å². The van der Waals surface area contributed by atoms with Crippen LogP contribution in [0.25, 0.3) is 10.9 Å². The Labute approximate surface area is 205 Å². The highest BCUT2D eigenvalue weighted by Crippen LogP contribution is 2.33. The van der Waals surface area contributed by atoms with Gasteiger partial charge in [0.15, 0.2) is 5.69 Å². The molecule has 5 nitrogen and oxygen atoms in total. The third kappa shape index (κ3) is 4.45. The van der Waals surface area contributed by atoms with E-state index in [-0.39, 0.29) is 6.04 Å². The van der Waals surface area contributed by atoms with Crippen molar-refractivity contribution in [2.24, 2.45) is 0 Å². The fraction of sp³-hybridized carbons (Fsp3) is 0.462. The highest BCUT2D eigenvalue weighted by molar-refractivity contribution is 6.35. The summed E-state index contributed by atoms with van der Waals surface area (Å²) in [5.74, 6) is 0. The minimum Gasteiger partial charge on any atom is -0.371 e. The molecule has 0 aliphatic carbocycles. The van der Waals surface area contributed by atoms with E-state index in [2.05, 4.69) is 40.0 Å². The Morgan fingerprint density at radius 3 is 2.45 bits per heavy atom. The molecule has 0 radical (unpaired) electrons.